The number of benzene rings is 2. The summed E-state index contributed by atoms with van der Waals surface area (Å²) in [7, 11) is 1.34. The molecule has 0 atom stereocenters. The molecule has 0 fully saturated rings. The second kappa shape index (κ2) is 8.69. The number of aromatic carboxylic acids is 1. The number of methoxy groups -OCH3 is 1. The number of hydrazone groups is 1. The van der Waals surface area contributed by atoms with Gasteiger partial charge in [-0.15, -0.1) is 0 Å². The second-order valence-corrected chi connectivity index (χ2v) is 5.93. The van der Waals surface area contributed by atoms with E-state index in [0.29, 0.717) is 17.1 Å². The van der Waals surface area contributed by atoms with Crippen molar-refractivity contribution in [3.05, 3.63) is 81.6 Å². The minimum absolute atomic E-state index is 0.0393. The van der Waals surface area contributed by atoms with Crippen LogP contribution in [0.1, 0.15) is 26.5 Å². The summed E-state index contributed by atoms with van der Waals surface area (Å²) >= 11 is 0. The van der Waals surface area contributed by atoms with E-state index in [0.717, 1.165) is 6.07 Å². The van der Waals surface area contributed by atoms with Crippen LogP contribution in [-0.4, -0.2) is 35.2 Å². The van der Waals surface area contributed by atoms with Crippen molar-refractivity contribution < 1.29 is 28.8 Å². The summed E-state index contributed by atoms with van der Waals surface area (Å²) in [6.07, 6.45) is 1.26. The lowest BCUT2D eigenvalue weighted by atomic mass is 10.1. The fraction of sp³-hybridized carbons (Fsp3) is 0.0500. The topological polar surface area (TPSA) is 144 Å². The Balaban J connectivity index is 1.70. The SMILES string of the molecule is COc1ccc([N+](=O)[O-])cc1C(=O)N/N=C\c1ccc(-c2ccc(C(=O)O)cc2)o1. The Hall–Kier alpha value is -4.47. The Morgan fingerprint density at radius 1 is 1.17 bits per heavy atom. The maximum atomic E-state index is 12.3. The quantitative estimate of drug-likeness (QED) is 0.346. The van der Waals surface area contributed by atoms with Gasteiger partial charge in [0, 0.05) is 17.7 Å². The van der Waals surface area contributed by atoms with Crippen molar-refractivity contribution in [1.29, 1.82) is 0 Å². The summed E-state index contributed by atoms with van der Waals surface area (Å²) in [4.78, 5) is 33.5. The number of rotatable bonds is 7. The molecule has 10 nitrogen and oxygen atoms in total. The molecule has 152 valence electrons. The molecule has 0 aliphatic heterocycles. The fourth-order valence-corrected chi connectivity index (χ4v) is 2.56. The standard InChI is InChI=1S/C20H15N3O7/c1-29-18-8-6-14(23(27)28)10-16(18)19(24)22-21-11-15-7-9-17(30-15)12-2-4-13(5-3-12)20(25)26/h2-11H,1H3,(H,22,24)(H,25,26)/b21-11-. The zero-order valence-electron chi connectivity index (χ0n) is 15.6. The van der Waals surface area contributed by atoms with Gasteiger partial charge in [0.2, 0.25) is 0 Å². The summed E-state index contributed by atoms with van der Waals surface area (Å²) in [5, 5.41) is 23.6. The number of nitro groups is 1. The minimum atomic E-state index is -1.02. The average Bonchev–Trinajstić information content (AvgIpc) is 3.22. The summed E-state index contributed by atoms with van der Waals surface area (Å²) in [5.74, 6) is -0.732. The molecule has 1 heterocycles. The molecule has 0 radical (unpaired) electrons. The third kappa shape index (κ3) is 4.50. The molecule has 10 heteroatoms. The van der Waals surface area contributed by atoms with Crippen LogP contribution < -0.4 is 10.2 Å². The van der Waals surface area contributed by atoms with Gasteiger partial charge in [0.25, 0.3) is 11.6 Å². The largest absolute Gasteiger partial charge is 0.496 e. The number of nitro benzene ring substituents is 1. The summed E-state index contributed by atoms with van der Waals surface area (Å²) < 4.78 is 10.6. The van der Waals surface area contributed by atoms with Crippen molar-refractivity contribution in [2.75, 3.05) is 7.11 Å². The average molecular weight is 409 g/mol. The molecular weight excluding hydrogens is 394 g/mol. The number of nitrogens with zero attached hydrogens (tertiary/aromatic N) is 2. The van der Waals surface area contributed by atoms with Gasteiger partial charge in [0.05, 0.1) is 29.4 Å². The Morgan fingerprint density at radius 3 is 2.53 bits per heavy atom. The zero-order valence-corrected chi connectivity index (χ0v) is 15.6. The minimum Gasteiger partial charge on any atom is -0.496 e. The van der Waals surface area contributed by atoms with Crippen LogP contribution in [0.3, 0.4) is 0 Å². The third-order valence-electron chi connectivity index (χ3n) is 4.04. The number of non-ortho nitro benzene ring substituents is 1. The number of nitrogens with one attached hydrogen (secondary N) is 1. The van der Waals surface area contributed by atoms with E-state index in [9.17, 15) is 19.7 Å². The van der Waals surface area contributed by atoms with Crippen molar-refractivity contribution in [2.24, 2.45) is 5.10 Å². The summed E-state index contributed by atoms with van der Waals surface area (Å²) in [6, 6.07) is 13.1. The number of carboxylic acid groups (broad SMARTS) is 1. The molecule has 2 N–H and O–H groups in total. The van der Waals surface area contributed by atoms with Crippen LogP contribution in [0.15, 0.2) is 64.1 Å². The van der Waals surface area contributed by atoms with Gasteiger partial charge in [-0.2, -0.15) is 5.10 Å². The van der Waals surface area contributed by atoms with E-state index in [1.165, 1.54) is 37.6 Å². The van der Waals surface area contributed by atoms with Gasteiger partial charge in [0.15, 0.2) is 0 Å². The highest BCUT2D eigenvalue weighted by molar-refractivity contribution is 5.98. The molecule has 0 aliphatic rings. The molecule has 3 rings (SSSR count). The number of hydrogen-bond donors (Lipinski definition) is 2. The predicted molar refractivity (Wildman–Crippen MR) is 106 cm³/mol. The molecule has 0 saturated carbocycles. The van der Waals surface area contributed by atoms with Crippen LogP contribution in [0.2, 0.25) is 0 Å². The smallest absolute Gasteiger partial charge is 0.335 e. The molecule has 2 aromatic carbocycles. The molecule has 0 unspecified atom stereocenters. The first-order chi connectivity index (χ1) is 14.4. The highest BCUT2D eigenvalue weighted by Gasteiger charge is 2.17. The predicted octanol–water partition coefficient (Wildman–Crippen LogP) is 3.33. The van der Waals surface area contributed by atoms with E-state index in [2.05, 4.69) is 10.5 Å². The zero-order chi connectivity index (χ0) is 21.7. The highest BCUT2D eigenvalue weighted by Crippen LogP contribution is 2.24. The molecule has 0 spiro atoms. The van der Waals surface area contributed by atoms with E-state index in [1.807, 2.05) is 0 Å². The van der Waals surface area contributed by atoms with Crippen molar-refractivity contribution in [3.63, 3.8) is 0 Å². The summed E-state index contributed by atoms with van der Waals surface area (Å²) in [5.41, 5.74) is 2.80. The van der Waals surface area contributed by atoms with Crippen LogP contribution >= 0.6 is 0 Å². The van der Waals surface area contributed by atoms with E-state index in [-0.39, 0.29) is 22.6 Å². The lowest BCUT2D eigenvalue weighted by molar-refractivity contribution is -0.384. The van der Waals surface area contributed by atoms with E-state index < -0.39 is 16.8 Å². The number of ether oxygens (including phenoxy) is 1. The number of carbonyl (C=O) groups is 2. The van der Waals surface area contributed by atoms with Crippen LogP contribution in [0.5, 0.6) is 5.75 Å². The lowest BCUT2D eigenvalue weighted by Gasteiger charge is -2.06. The number of hydrogen-bond acceptors (Lipinski definition) is 7. The first-order valence-corrected chi connectivity index (χ1v) is 8.48. The number of carboxylic acids is 1. The first-order valence-electron chi connectivity index (χ1n) is 8.48. The van der Waals surface area contributed by atoms with Crippen LogP contribution in [0, 0.1) is 10.1 Å². The van der Waals surface area contributed by atoms with Crippen molar-refractivity contribution in [3.8, 4) is 17.1 Å². The highest BCUT2D eigenvalue weighted by atomic mass is 16.6. The van der Waals surface area contributed by atoms with Gasteiger partial charge in [-0.25, -0.2) is 10.2 Å². The monoisotopic (exact) mass is 409 g/mol. The van der Waals surface area contributed by atoms with E-state index in [1.54, 1.807) is 24.3 Å². The first kappa shape index (κ1) is 20.3. The van der Waals surface area contributed by atoms with Crippen LogP contribution in [0.4, 0.5) is 5.69 Å². The van der Waals surface area contributed by atoms with Crippen molar-refractivity contribution >= 4 is 23.8 Å². The molecular formula is C20H15N3O7. The maximum absolute atomic E-state index is 12.3. The number of furan rings is 1. The molecule has 0 bridgehead atoms. The van der Waals surface area contributed by atoms with Crippen LogP contribution in [-0.2, 0) is 0 Å². The lowest BCUT2D eigenvalue weighted by Crippen LogP contribution is -2.18. The molecule has 0 aliphatic carbocycles. The normalized spacial score (nSPS) is 10.7. The summed E-state index contributed by atoms with van der Waals surface area (Å²) in [6.45, 7) is 0. The fourth-order valence-electron chi connectivity index (χ4n) is 2.56. The van der Waals surface area contributed by atoms with E-state index >= 15 is 0 Å². The van der Waals surface area contributed by atoms with Crippen molar-refractivity contribution in [2.45, 2.75) is 0 Å². The van der Waals surface area contributed by atoms with Crippen molar-refractivity contribution in [1.82, 2.24) is 5.43 Å². The Kier molecular flexibility index (Phi) is 5.87. The Bertz CT molecular complexity index is 1130. The van der Waals surface area contributed by atoms with Gasteiger partial charge in [0.1, 0.15) is 17.3 Å². The molecule has 0 saturated heterocycles. The third-order valence-corrected chi connectivity index (χ3v) is 4.04. The van der Waals surface area contributed by atoms with Gasteiger partial charge in [-0.1, -0.05) is 12.1 Å². The van der Waals surface area contributed by atoms with Gasteiger partial charge in [-0.3, -0.25) is 14.9 Å². The molecule has 1 amide bonds. The molecule has 30 heavy (non-hydrogen) atoms. The van der Waals surface area contributed by atoms with E-state index in [4.69, 9.17) is 14.3 Å². The Labute approximate surface area is 169 Å². The number of carbonyl (C=O) groups excluding carboxylic acids is 1. The van der Waals surface area contributed by atoms with Gasteiger partial charge >= 0.3 is 5.97 Å². The Morgan fingerprint density at radius 2 is 1.90 bits per heavy atom. The maximum Gasteiger partial charge on any atom is 0.335 e. The molecule has 1 aromatic heterocycles. The van der Waals surface area contributed by atoms with Gasteiger partial charge in [-0.05, 0) is 30.3 Å². The van der Waals surface area contributed by atoms with Crippen LogP contribution in [0.25, 0.3) is 11.3 Å². The van der Waals surface area contributed by atoms with Gasteiger partial charge < -0.3 is 14.3 Å². The number of amides is 1. The second-order valence-electron chi connectivity index (χ2n) is 5.93. The molecule has 3 aromatic rings.